The number of nitrogens with zero attached hydrogens (tertiary/aromatic N) is 3. The van der Waals surface area contributed by atoms with Crippen LogP contribution in [0, 0.1) is 0 Å². The van der Waals surface area contributed by atoms with Crippen molar-refractivity contribution in [1.82, 2.24) is 20.0 Å². The average molecular weight is 439 g/mol. The summed E-state index contributed by atoms with van der Waals surface area (Å²) in [5.41, 5.74) is -0.660. The number of carbonyl (C=O) groups is 2. The van der Waals surface area contributed by atoms with Gasteiger partial charge in [-0.05, 0) is 52.1 Å². The number of hydrogen-bond donors (Lipinski definition) is 1. The molecule has 3 rings (SSSR count). The largest absolute Gasteiger partial charge is 0.368 e. The molecule has 3 aliphatic heterocycles. The summed E-state index contributed by atoms with van der Waals surface area (Å²) >= 11 is 0. The van der Waals surface area contributed by atoms with Crippen LogP contribution in [0.15, 0.2) is 0 Å². The molecule has 164 valence electrons. The van der Waals surface area contributed by atoms with Crippen LogP contribution in [0.25, 0.3) is 0 Å². The topological polar surface area (TPSA) is 65.1 Å². The van der Waals surface area contributed by atoms with E-state index in [0.717, 1.165) is 58.4 Å². The maximum absolute atomic E-state index is 13.0. The van der Waals surface area contributed by atoms with Gasteiger partial charge in [-0.1, -0.05) is 0 Å². The number of halogens is 2. The highest BCUT2D eigenvalue weighted by Crippen LogP contribution is 2.26. The Hall–Kier alpha value is -0.600. The predicted octanol–water partition coefficient (Wildman–Crippen LogP) is 1.14. The Balaban J connectivity index is 0.00000196. The van der Waals surface area contributed by atoms with Gasteiger partial charge in [0.05, 0.1) is 6.54 Å². The smallest absolute Gasteiger partial charge is 0.254 e. The van der Waals surface area contributed by atoms with Gasteiger partial charge in [0.25, 0.3) is 5.91 Å². The number of methoxy groups -OCH3 is 1. The normalized spacial score (nSPS) is 25.4. The molecule has 1 N–H and O–H groups in total. The zero-order chi connectivity index (χ0) is 18.6. The van der Waals surface area contributed by atoms with E-state index in [-0.39, 0.29) is 36.6 Å². The van der Waals surface area contributed by atoms with Gasteiger partial charge in [0.2, 0.25) is 5.91 Å². The molecule has 0 aromatic carbocycles. The second kappa shape index (κ2) is 11.6. The van der Waals surface area contributed by atoms with E-state index in [1.54, 1.807) is 7.11 Å². The summed E-state index contributed by atoms with van der Waals surface area (Å²) in [4.78, 5) is 31.8. The lowest BCUT2D eigenvalue weighted by molar-refractivity contribution is -0.160. The SMILES string of the molecule is COC1(C(=O)N2CCN(CC(=O)N3CCCCC3C)CC2)CCNCC1.Cl.Cl. The Kier molecular flexibility index (Phi) is 10.5. The molecule has 28 heavy (non-hydrogen) atoms. The van der Waals surface area contributed by atoms with Crippen LogP contribution < -0.4 is 5.32 Å². The van der Waals surface area contributed by atoms with Crippen LogP contribution in [0.3, 0.4) is 0 Å². The molecule has 3 heterocycles. The third-order valence-corrected chi connectivity index (χ3v) is 6.33. The van der Waals surface area contributed by atoms with Crippen molar-refractivity contribution in [2.24, 2.45) is 0 Å². The Morgan fingerprint density at radius 1 is 1.04 bits per heavy atom. The van der Waals surface area contributed by atoms with Gasteiger partial charge in [0.15, 0.2) is 0 Å². The molecule has 2 amide bonds. The van der Waals surface area contributed by atoms with Crippen molar-refractivity contribution in [2.45, 2.75) is 50.7 Å². The van der Waals surface area contributed by atoms with Crippen molar-refractivity contribution in [3.8, 4) is 0 Å². The molecule has 7 nitrogen and oxygen atoms in total. The van der Waals surface area contributed by atoms with E-state index in [4.69, 9.17) is 4.74 Å². The van der Waals surface area contributed by atoms with E-state index in [0.29, 0.717) is 25.7 Å². The number of hydrogen-bond acceptors (Lipinski definition) is 5. The van der Waals surface area contributed by atoms with E-state index in [1.807, 2.05) is 9.80 Å². The molecule has 0 radical (unpaired) electrons. The van der Waals surface area contributed by atoms with Crippen LogP contribution in [-0.2, 0) is 14.3 Å². The minimum absolute atomic E-state index is 0. The quantitative estimate of drug-likeness (QED) is 0.712. The summed E-state index contributed by atoms with van der Waals surface area (Å²) in [6.07, 6.45) is 4.92. The number of piperidine rings is 2. The van der Waals surface area contributed by atoms with Crippen molar-refractivity contribution in [3.05, 3.63) is 0 Å². The first-order chi connectivity index (χ1) is 12.6. The number of nitrogens with one attached hydrogen (secondary N) is 1. The second-order valence-corrected chi connectivity index (χ2v) is 7.95. The fourth-order valence-corrected chi connectivity index (χ4v) is 4.48. The number of amides is 2. The highest BCUT2D eigenvalue weighted by molar-refractivity contribution is 5.86. The van der Waals surface area contributed by atoms with Crippen LogP contribution in [0.2, 0.25) is 0 Å². The maximum atomic E-state index is 13.0. The lowest BCUT2D eigenvalue weighted by Gasteiger charge is -2.42. The molecule has 3 aliphatic rings. The maximum Gasteiger partial charge on any atom is 0.254 e. The van der Waals surface area contributed by atoms with Crippen LogP contribution in [0.1, 0.15) is 39.0 Å². The highest BCUT2D eigenvalue weighted by Gasteiger charge is 2.43. The highest BCUT2D eigenvalue weighted by atomic mass is 35.5. The summed E-state index contributed by atoms with van der Waals surface area (Å²) in [7, 11) is 1.65. The molecule has 3 fully saturated rings. The molecule has 0 saturated carbocycles. The van der Waals surface area contributed by atoms with Crippen LogP contribution in [-0.4, -0.2) is 97.6 Å². The van der Waals surface area contributed by atoms with Gasteiger partial charge in [-0.15, -0.1) is 24.8 Å². The van der Waals surface area contributed by atoms with Gasteiger partial charge in [-0.25, -0.2) is 0 Å². The molecule has 9 heteroatoms. The van der Waals surface area contributed by atoms with E-state index in [2.05, 4.69) is 17.1 Å². The zero-order valence-corrected chi connectivity index (χ0v) is 18.8. The first-order valence-corrected chi connectivity index (χ1v) is 10.1. The molecule has 0 aromatic heterocycles. The number of piperazine rings is 1. The van der Waals surface area contributed by atoms with Gasteiger partial charge >= 0.3 is 0 Å². The van der Waals surface area contributed by atoms with Gasteiger partial charge in [-0.3, -0.25) is 14.5 Å². The number of ether oxygens (including phenoxy) is 1. The summed E-state index contributed by atoms with van der Waals surface area (Å²) < 4.78 is 5.67. The van der Waals surface area contributed by atoms with E-state index < -0.39 is 5.60 Å². The van der Waals surface area contributed by atoms with Crippen LogP contribution in [0.5, 0.6) is 0 Å². The molecule has 0 aromatic rings. The average Bonchev–Trinajstić information content (AvgIpc) is 2.69. The van der Waals surface area contributed by atoms with Gasteiger partial charge in [0.1, 0.15) is 5.60 Å². The Morgan fingerprint density at radius 3 is 2.25 bits per heavy atom. The molecule has 3 saturated heterocycles. The lowest BCUT2D eigenvalue weighted by atomic mass is 9.90. The molecule has 0 aliphatic carbocycles. The predicted molar refractivity (Wildman–Crippen MR) is 114 cm³/mol. The van der Waals surface area contributed by atoms with Crippen molar-refractivity contribution in [1.29, 1.82) is 0 Å². The van der Waals surface area contributed by atoms with E-state index in [1.165, 1.54) is 6.42 Å². The zero-order valence-electron chi connectivity index (χ0n) is 17.2. The standard InChI is InChI=1S/C19H34N4O3.2ClH/c1-16-5-3-4-10-23(16)17(24)15-21-11-13-22(14-12-21)18(25)19(26-2)6-8-20-9-7-19;;/h16,20H,3-15H2,1-2H3;2*1H. The molecular weight excluding hydrogens is 403 g/mol. The first-order valence-electron chi connectivity index (χ1n) is 10.1. The number of likely N-dealkylation sites (tertiary alicyclic amines) is 1. The second-order valence-electron chi connectivity index (χ2n) is 7.95. The molecule has 0 spiro atoms. The monoisotopic (exact) mass is 438 g/mol. The minimum Gasteiger partial charge on any atom is -0.368 e. The van der Waals surface area contributed by atoms with Gasteiger partial charge in [-0.2, -0.15) is 0 Å². The fraction of sp³-hybridized carbons (Fsp3) is 0.895. The van der Waals surface area contributed by atoms with E-state index >= 15 is 0 Å². The molecule has 0 bridgehead atoms. The van der Waals surface area contributed by atoms with Crippen LogP contribution >= 0.6 is 24.8 Å². The fourth-order valence-electron chi connectivity index (χ4n) is 4.48. The Morgan fingerprint density at radius 2 is 1.68 bits per heavy atom. The Labute approximate surface area is 181 Å². The lowest BCUT2D eigenvalue weighted by Crippen LogP contribution is -2.60. The van der Waals surface area contributed by atoms with Gasteiger partial charge < -0.3 is 19.9 Å². The van der Waals surface area contributed by atoms with Gasteiger partial charge in [0, 0.05) is 45.9 Å². The molecular formula is C19H36Cl2N4O3. The third-order valence-electron chi connectivity index (χ3n) is 6.33. The number of carbonyl (C=O) groups excluding carboxylic acids is 2. The van der Waals surface area contributed by atoms with Crippen molar-refractivity contribution in [2.75, 3.05) is 59.5 Å². The summed E-state index contributed by atoms with van der Waals surface area (Å²) in [6.45, 7) is 8.05. The molecule has 1 unspecified atom stereocenters. The van der Waals surface area contributed by atoms with E-state index in [9.17, 15) is 9.59 Å². The molecule has 1 atom stereocenters. The Bertz CT molecular complexity index is 509. The summed E-state index contributed by atoms with van der Waals surface area (Å²) in [5, 5.41) is 3.29. The van der Waals surface area contributed by atoms with Crippen molar-refractivity contribution < 1.29 is 14.3 Å². The first kappa shape index (κ1) is 25.4. The summed E-state index contributed by atoms with van der Waals surface area (Å²) in [5.74, 6) is 0.362. The third kappa shape index (κ3) is 5.72. The van der Waals surface area contributed by atoms with Crippen molar-refractivity contribution in [3.63, 3.8) is 0 Å². The van der Waals surface area contributed by atoms with Crippen molar-refractivity contribution >= 4 is 36.6 Å². The summed E-state index contributed by atoms with van der Waals surface area (Å²) in [6, 6.07) is 0.362. The number of rotatable bonds is 4. The minimum atomic E-state index is -0.660. The van der Waals surface area contributed by atoms with Crippen LogP contribution in [0.4, 0.5) is 0 Å².